The van der Waals surface area contributed by atoms with E-state index in [0.717, 1.165) is 43.1 Å². The molecule has 3 rings (SSSR count). The van der Waals surface area contributed by atoms with Gasteiger partial charge in [0.15, 0.2) is 0 Å². The first-order chi connectivity index (χ1) is 12.7. The van der Waals surface area contributed by atoms with Gasteiger partial charge in [0.2, 0.25) is 0 Å². The Hall–Kier alpha value is -2.35. The van der Waals surface area contributed by atoms with E-state index in [1.165, 1.54) is 0 Å². The average Bonchev–Trinajstić information content (AvgIpc) is 2.69. The molecule has 1 heterocycles. The summed E-state index contributed by atoms with van der Waals surface area (Å²) >= 11 is 0. The predicted octanol–water partition coefficient (Wildman–Crippen LogP) is 3.86. The average molecular weight is 349 g/mol. The Kier molecular flexibility index (Phi) is 6.27. The maximum Gasteiger partial charge on any atom is 0.124 e. The van der Waals surface area contributed by atoms with Crippen molar-refractivity contribution in [3.8, 4) is 11.8 Å². The van der Waals surface area contributed by atoms with Crippen LogP contribution in [-0.2, 0) is 6.61 Å². The molecule has 0 bridgehead atoms. The maximum absolute atomic E-state index is 9.76. The van der Waals surface area contributed by atoms with Crippen LogP contribution in [0.25, 0.3) is 0 Å². The minimum absolute atomic E-state index is 0.202. The van der Waals surface area contributed by atoms with Crippen molar-refractivity contribution in [2.75, 3.05) is 26.2 Å². The van der Waals surface area contributed by atoms with Crippen molar-refractivity contribution in [3.05, 3.63) is 65.7 Å². The highest BCUT2D eigenvalue weighted by Crippen LogP contribution is 2.26. The van der Waals surface area contributed by atoms with E-state index in [2.05, 4.69) is 41.8 Å². The summed E-state index contributed by atoms with van der Waals surface area (Å²) in [7, 11) is 0. The SMILES string of the molecule is CCN1CCN(C(C#N)c2ccc(OCc3ccccc3)cc2)C(C)C1. The van der Waals surface area contributed by atoms with Crippen LogP contribution in [0.3, 0.4) is 0 Å². The van der Waals surface area contributed by atoms with Crippen molar-refractivity contribution in [1.82, 2.24) is 9.80 Å². The van der Waals surface area contributed by atoms with E-state index in [4.69, 9.17) is 4.74 Å². The van der Waals surface area contributed by atoms with E-state index in [-0.39, 0.29) is 6.04 Å². The standard InChI is InChI=1S/C22H27N3O/c1-3-24-13-14-25(18(2)16-24)22(15-23)20-9-11-21(12-10-20)26-17-19-7-5-4-6-8-19/h4-12,18,22H,3,13-14,16-17H2,1-2H3. The first-order valence-corrected chi connectivity index (χ1v) is 9.35. The van der Waals surface area contributed by atoms with Crippen LogP contribution in [0.5, 0.6) is 5.75 Å². The first-order valence-electron chi connectivity index (χ1n) is 9.35. The quantitative estimate of drug-likeness (QED) is 0.794. The highest BCUT2D eigenvalue weighted by Gasteiger charge is 2.29. The zero-order chi connectivity index (χ0) is 18.4. The Morgan fingerprint density at radius 2 is 1.85 bits per heavy atom. The number of hydrogen-bond donors (Lipinski definition) is 0. The summed E-state index contributed by atoms with van der Waals surface area (Å²) < 4.78 is 5.85. The monoisotopic (exact) mass is 349 g/mol. The minimum atomic E-state index is -0.202. The Morgan fingerprint density at radius 1 is 1.12 bits per heavy atom. The van der Waals surface area contributed by atoms with Gasteiger partial charge in [-0.15, -0.1) is 0 Å². The lowest BCUT2D eigenvalue weighted by molar-refractivity contribution is 0.0683. The summed E-state index contributed by atoms with van der Waals surface area (Å²) in [6.45, 7) is 9.01. The number of benzene rings is 2. The zero-order valence-electron chi connectivity index (χ0n) is 15.6. The second-order valence-corrected chi connectivity index (χ2v) is 6.86. The fourth-order valence-electron chi connectivity index (χ4n) is 3.55. The van der Waals surface area contributed by atoms with Crippen LogP contribution in [0, 0.1) is 11.3 Å². The zero-order valence-corrected chi connectivity index (χ0v) is 15.6. The van der Waals surface area contributed by atoms with Crippen LogP contribution in [0.4, 0.5) is 0 Å². The molecule has 4 heteroatoms. The van der Waals surface area contributed by atoms with Crippen LogP contribution in [0.1, 0.15) is 31.0 Å². The van der Waals surface area contributed by atoms with Crippen LogP contribution >= 0.6 is 0 Å². The highest BCUT2D eigenvalue weighted by atomic mass is 16.5. The molecule has 2 aromatic rings. The van der Waals surface area contributed by atoms with Gasteiger partial charge < -0.3 is 9.64 Å². The summed E-state index contributed by atoms with van der Waals surface area (Å²) in [5.74, 6) is 0.832. The van der Waals surface area contributed by atoms with Gasteiger partial charge in [-0.05, 0) is 36.7 Å². The van der Waals surface area contributed by atoms with Crippen molar-refractivity contribution in [2.24, 2.45) is 0 Å². The third kappa shape index (κ3) is 4.43. The van der Waals surface area contributed by atoms with Gasteiger partial charge >= 0.3 is 0 Å². The highest BCUT2D eigenvalue weighted by molar-refractivity contribution is 5.32. The molecular weight excluding hydrogens is 322 g/mol. The van der Waals surface area contributed by atoms with E-state index in [0.29, 0.717) is 12.6 Å². The lowest BCUT2D eigenvalue weighted by Gasteiger charge is -2.41. The van der Waals surface area contributed by atoms with Crippen molar-refractivity contribution >= 4 is 0 Å². The second-order valence-electron chi connectivity index (χ2n) is 6.86. The number of nitriles is 1. The Morgan fingerprint density at radius 3 is 2.46 bits per heavy atom. The molecular formula is C22H27N3O. The first kappa shape index (κ1) is 18.4. The molecule has 0 N–H and O–H groups in total. The number of nitrogens with zero attached hydrogens (tertiary/aromatic N) is 3. The minimum Gasteiger partial charge on any atom is -0.489 e. The predicted molar refractivity (Wildman–Crippen MR) is 104 cm³/mol. The summed E-state index contributed by atoms with van der Waals surface area (Å²) in [5, 5.41) is 9.76. The van der Waals surface area contributed by atoms with Gasteiger partial charge in [0.05, 0.1) is 6.07 Å². The molecule has 136 valence electrons. The fourth-order valence-corrected chi connectivity index (χ4v) is 3.55. The van der Waals surface area contributed by atoms with Crippen molar-refractivity contribution in [2.45, 2.75) is 32.5 Å². The molecule has 1 fully saturated rings. The molecule has 26 heavy (non-hydrogen) atoms. The third-order valence-electron chi connectivity index (χ3n) is 5.11. The normalized spacial score (nSPS) is 19.7. The molecule has 0 radical (unpaired) electrons. The van der Waals surface area contributed by atoms with Crippen LogP contribution in [0.2, 0.25) is 0 Å². The van der Waals surface area contributed by atoms with E-state index in [9.17, 15) is 5.26 Å². The Balaban J connectivity index is 1.64. The summed E-state index contributed by atoms with van der Waals surface area (Å²) in [6.07, 6.45) is 0. The molecule has 4 nitrogen and oxygen atoms in total. The molecule has 0 amide bonds. The van der Waals surface area contributed by atoms with Gasteiger partial charge in [-0.1, -0.05) is 49.4 Å². The van der Waals surface area contributed by atoms with Gasteiger partial charge in [0.1, 0.15) is 18.4 Å². The Bertz CT molecular complexity index is 723. The fraction of sp³-hybridized carbons (Fsp3) is 0.409. The lowest BCUT2D eigenvalue weighted by Crippen LogP contribution is -2.52. The van der Waals surface area contributed by atoms with E-state index < -0.39 is 0 Å². The van der Waals surface area contributed by atoms with Gasteiger partial charge in [0.25, 0.3) is 0 Å². The van der Waals surface area contributed by atoms with Gasteiger partial charge in [0, 0.05) is 25.7 Å². The number of hydrogen-bond acceptors (Lipinski definition) is 4. The molecule has 2 atom stereocenters. The molecule has 0 saturated carbocycles. The van der Waals surface area contributed by atoms with Crippen molar-refractivity contribution in [3.63, 3.8) is 0 Å². The van der Waals surface area contributed by atoms with E-state index >= 15 is 0 Å². The lowest BCUT2D eigenvalue weighted by atomic mass is 10.0. The maximum atomic E-state index is 9.76. The van der Waals surface area contributed by atoms with Crippen LogP contribution in [-0.4, -0.2) is 42.0 Å². The van der Waals surface area contributed by atoms with Gasteiger partial charge in [-0.3, -0.25) is 4.90 Å². The van der Waals surface area contributed by atoms with Gasteiger partial charge in [-0.2, -0.15) is 5.26 Å². The number of ether oxygens (including phenoxy) is 1. The van der Waals surface area contributed by atoms with Crippen LogP contribution < -0.4 is 4.74 Å². The van der Waals surface area contributed by atoms with Crippen LogP contribution in [0.15, 0.2) is 54.6 Å². The summed E-state index contributed by atoms with van der Waals surface area (Å²) in [4.78, 5) is 4.75. The molecule has 1 aliphatic rings. The smallest absolute Gasteiger partial charge is 0.124 e. The molecule has 0 aliphatic carbocycles. The summed E-state index contributed by atoms with van der Waals surface area (Å²) in [6, 6.07) is 20.8. The molecule has 0 spiro atoms. The number of rotatable bonds is 6. The van der Waals surface area contributed by atoms with E-state index in [1.807, 2.05) is 42.5 Å². The molecule has 0 aromatic heterocycles. The largest absolute Gasteiger partial charge is 0.489 e. The molecule has 1 saturated heterocycles. The second kappa shape index (κ2) is 8.84. The van der Waals surface area contributed by atoms with E-state index in [1.54, 1.807) is 0 Å². The Labute approximate surface area is 156 Å². The van der Waals surface area contributed by atoms with Gasteiger partial charge in [-0.25, -0.2) is 0 Å². The topological polar surface area (TPSA) is 39.5 Å². The molecule has 2 aromatic carbocycles. The summed E-state index contributed by atoms with van der Waals surface area (Å²) in [5.41, 5.74) is 2.19. The number of likely N-dealkylation sites (N-methyl/N-ethyl adjacent to an activating group) is 1. The third-order valence-corrected chi connectivity index (χ3v) is 5.11. The van der Waals surface area contributed by atoms with Crippen molar-refractivity contribution < 1.29 is 4.74 Å². The molecule has 2 unspecified atom stereocenters. The van der Waals surface area contributed by atoms with Crippen molar-refractivity contribution in [1.29, 1.82) is 5.26 Å². The molecule has 1 aliphatic heterocycles. The number of piperazine rings is 1.